The van der Waals surface area contributed by atoms with Gasteiger partial charge in [-0.05, 0) is 97.8 Å². The van der Waals surface area contributed by atoms with E-state index >= 15 is 0 Å². The first-order chi connectivity index (χ1) is 35.4. The van der Waals surface area contributed by atoms with E-state index in [1.54, 1.807) is 12.3 Å². The third-order valence-electron chi connectivity index (χ3n) is 12.0. The molecule has 74 heavy (non-hydrogen) atoms. The minimum Gasteiger partial charge on any atom is -0.505 e. The molecule has 2 saturated carbocycles. The number of phenolic OH excluding ortho intramolecular Hbond substituents is 1. The number of Topliss-reactive ketones (excluding diaryl/α,β-unsaturated/α-hetero) is 2. The van der Waals surface area contributed by atoms with Gasteiger partial charge in [-0.2, -0.15) is 4.98 Å². The monoisotopic (exact) mass is 1040 g/mol. The van der Waals surface area contributed by atoms with Gasteiger partial charge in [-0.3, -0.25) is 24.2 Å². The summed E-state index contributed by atoms with van der Waals surface area (Å²) in [7, 11) is 1.46. The Morgan fingerprint density at radius 1 is 0.635 bits per heavy atom. The van der Waals surface area contributed by atoms with E-state index in [2.05, 4.69) is 40.5 Å². The zero-order chi connectivity index (χ0) is 52.9. The lowest BCUT2D eigenvalue weighted by atomic mass is 9.87. The fourth-order valence-corrected chi connectivity index (χ4v) is 7.66. The summed E-state index contributed by atoms with van der Waals surface area (Å²) in [6, 6.07) is 16.8. The molecule has 15 nitrogen and oxygen atoms in total. The molecular formula is C52H39ClF6N8O7. The third-order valence-corrected chi connectivity index (χ3v) is 12.3. The summed E-state index contributed by atoms with van der Waals surface area (Å²) >= 11 is 5.80. The minimum absolute atomic E-state index is 0.0154. The Morgan fingerprint density at radius 3 is 1.91 bits per heavy atom. The van der Waals surface area contributed by atoms with Gasteiger partial charge < -0.3 is 25.2 Å². The van der Waals surface area contributed by atoms with Crippen molar-refractivity contribution in [3.05, 3.63) is 167 Å². The van der Waals surface area contributed by atoms with Crippen LogP contribution >= 0.6 is 11.6 Å². The van der Waals surface area contributed by atoms with Crippen molar-refractivity contribution in [2.75, 3.05) is 17.7 Å². The number of ketones is 2. The van der Waals surface area contributed by atoms with Crippen LogP contribution in [0.1, 0.15) is 42.4 Å². The predicted octanol–water partition coefficient (Wildman–Crippen LogP) is 10.1. The number of nitrogens with one attached hydrogen (secondary N) is 2. The van der Waals surface area contributed by atoms with Crippen molar-refractivity contribution in [1.82, 2.24) is 29.9 Å². The Kier molecular flexibility index (Phi) is 15.1. The average Bonchev–Trinajstić information content (AvgIpc) is 4.33. The first kappa shape index (κ1) is 51.8. The highest BCUT2D eigenvalue weighted by Crippen LogP contribution is 2.49. The first-order valence-corrected chi connectivity index (χ1v) is 22.7. The molecule has 2 aliphatic carbocycles. The van der Waals surface area contributed by atoms with Crippen LogP contribution in [0.3, 0.4) is 0 Å². The summed E-state index contributed by atoms with van der Waals surface area (Å²) in [6.45, 7) is 1.96. The highest BCUT2D eigenvalue weighted by atomic mass is 35.5. The van der Waals surface area contributed by atoms with Crippen molar-refractivity contribution < 1.29 is 60.1 Å². The zero-order valence-electron chi connectivity index (χ0n) is 38.9. The van der Waals surface area contributed by atoms with Gasteiger partial charge in [-0.1, -0.05) is 23.7 Å². The second-order valence-electron chi connectivity index (χ2n) is 17.1. The minimum atomic E-state index is -1.45. The standard InChI is InChI=1S/C25H18F3N5O4.C19H15F3O3.C8H6ClN3/c1-36-15-8-19-21(29-11-15)22(31-12-30-19)37-20-10-16(27)18(9-17(20)28)33-24(35)25(6-7-25)23(34)32-14-4-2-13(26)3-5-14;20-13-3-1-11(2-4-13)7-17(24)19(5-6-19)18(25)9-12-8-15(22)16(23)10-14(12)21;1-5-2-6-7(10-3-5)8(9)12-4-11-6/h2-5,8-12H,6-7H2,1H3,(H,32,34)(H,33,35);1-4,8,10,23H,5-7,9H2;2-4H,1H3. The second-order valence-corrected chi connectivity index (χ2v) is 17.5. The van der Waals surface area contributed by atoms with Crippen molar-refractivity contribution in [2.45, 2.75) is 45.4 Å². The number of anilines is 2. The topological polar surface area (TPSA) is 208 Å². The van der Waals surface area contributed by atoms with Crippen molar-refractivity contribution in [2.24, 2.45) is 10.8 Å². The van der Waals surface area contributed by atoms with Crippen LogP contribution in [0.4, 0.5) is 37.7 Å². The largest absolute Gasteiger partial charge is 0.505 e. The molecule has 0 saturated heterocycles. The number of carbonyl (C=O) groups excluding carboxylic acids is 4. The molecule has 2 fully saturated rings. The van der Waals surface area contributed by atoms with E-state index in [1.807, 2.05) is 13.0 Å². The Balaban J connectivity index is 0.000000168. The van der Waals surface area contributed by atoms with Gasteiger partial charge >= 0.3 is 0 Å². The fraction of sp³-hybridized carbons (Fsp3) is 0.192. The molecular weight excluding hydrogens is 998 g/mol. The first-order valence-electron chi connectivity index (χ1n) is 22.3. The van der Waals surface area contributed by atoms with Crippen LogP contribution in [0.25, 0.3) is 22.1 Å². The van der Waals surface area contributed by atoms with Gasteiger partial charge in [0, 0.05) is 49.0 Å². The van der Waals surface area contributed by atoms with E-state index in [1.165, 1.54) is 62.4 Å². The molecule has 10 rings (SSSR count). The maximum Gasteiger partial charge on any atom is 0.249 e. The number of nitrogens with zero attached hydrogens (tertiary/aromatic N) is 6. The molecule has 4 aromatic carbocycles. The van der Waals surface area contributed by atoms with Gasteiger partial charge in [0.05, 0.1) is 35.4 Å². The molecule has 378 valence electrons. The van der Waals surface area contributed by atoms with Crippen molar-refractivity contribution in [1.29, 1.82) is 0 Å². The normalized spacial score (nSPS) is 13.6. The molecule has 0 spiro atoms. The van der Waals surface area contributed by atoms with Crippen LogP contribution in [-0.2, 0) is 32.0 Å². The van der Waals surface area contributed by atoms with E-state index in [9.17, 15) is 45.5 Å². The maximum atomic E-state index is 14.8. The number of hydrogen-bond acceptors (Lipinski definition) is 13. The van der Waals surface area contributed by atoms with E-state index in [4.69, 9.17) is 26.2 Å². The van der Waals surface area contributed by atoms with Gasteiger partial charge in [0.15, 0.2) is 51.2 Å². The van der Waals surface area contributed by atoms with Crippen molar-refractivity contribution >= 4 is 68.4 Å². The number of phenols is 1. The number of carbonyl (C=O) groups is 4. The van der Waals surface area contributed by atoms with Crippen LogP contribution in [0.5, 0.6) is 23.1 Å². The van der Waals surface area contributed by atoms with Crippen LogP contribution < -0.4 is 20.1 Å². The highest BCUT2D eigenvalue weighted by Gasteiger charge is 2.57. The van der Waals surface area contributed by atoms with Crippen molar-refractivity contribution in [3.8, 4) is 23.1 Å². The average molecular weight is 1040 g/mol. The number of benzene rings is 4. The van der Waals surface area contributed by atoms with E-state index in [0.29, 0.717) is 52.1 Å². The van der Waals surface area contributed by atoms with Crippen LogP contribution in [0.2, 0.25) is 5.15 Å². The third kappa shape index (κ3) is 11.7. The molecule has 8 aromatic rings. The molecule has 2 aliphatic rings. The summed E-state index contributed by atoms with van der Waals surface area (Å²) < 4.78 is 93.4. The molecule has 0 radical (unpaired) electrons. The number of hydrogen-bond donors (Lipinski definition) is 3. The molecule has 4 heterocycles. The number of methoxy groups -OCH3 is 1. The Bertz CT molecular complexity index is 3480. The summed E-state index contributed by atoms with van der Waals surface area (Å²) in [5.74, 6) is -7.99. The smallest absolute Gasteiger partial charge is 0.249 e. The molecule has 22 heteroatoms. The number of pyridine rings is 2. The quantitative estimate of drug-likeness (QED) is 0.0559. The number of aromatic hydroxyl groups is 1. The molecule has 0 atom stereocenters. The van der Waals surface area contributed by atoms with Gasteiger partial charge in [0.25, 0.3) is 0 Å². The number of rotatable bonds is 13. The van der Waals surface area contributed by atoms with Crippen LogP contribution in [0, 0.1) is 52.7 Å². The number of aromatic nitrogens is 6. The van der Waals surface area contributed by atoms with E-state index < -0.39 is 86.9 Å². The number of fused-ring (bicyclic) bond motifs is 2. The summed E-state index contributed by atoms with van der Waals surface area (Å²) in [4.78, 5) is 74.6. The predicted molar refractivity (Wildman–Crippen MR) is 256 cm³/mol. The highest BCUT2D eigenvalue weighted by molar-refractivity contribution is 6.33. The molecule has 0 bridgehead atoms. The van der Waals surface area contributed by atoms with Gasteiger partial charge in [-0.15, -0.1) is 0 Å². The van der Waals surface area contributed by atoms with E-state index in [-0.39, 0.29) is 42.0 Å². The molecule has 0 aliphatic heterocycles. The zero-order valence-corrected chi connectivity index (χ0v) is 39.6. The van der Waals surface area contributed by atoms with Crippen LogP contribution in [-0.4, -0.2) is 65.5 Å². The maximum absolute atomic E-state index is 14.8. The van der Waals surface area contributed by atoms with E-state index in [0.717, 1.165) is 41.4 Å². The summed E-state index contributed by atoms with van der Waals surface area (Å²) in [5.41, 5.74) is 0.686. The molecule has 0 unspecified atom stereocenters. The number of amides is 2. The lowest BCUT2D eigenvalue weighted by Crippen LogP contribution is -2.35. The summed E-state index contributed by atoms with van der Waals surface area (Å²) in [5, 5.41) is 14.3. The molecule has 2 amide bonds. The lowest BCUT2D eigenvalue weighted by molar-refractivity contribution is -0.134. The summed E-state index contributed by atoms with van der Waals surface area (Å²) in [6.07, 6.45) is 6.50. The van der Waals surface area contributed by atoms with Crippen molar-refractivity contribution in [3.63, 3.8) is 0 Å². The van der Waals surface area contributed by atoms with Gasteiger partial charge in [0.2, 0.25) is 17.7 Å². The van der Waals surface area contributed by atoms with Gasteiger partial charge in [0.1, 0.15) is 46.8 Å². The number of halogens is 7. The Morgan fingerprint density at radius 2 is 1.24 bits per heavy atom. The number of aryl methyl sites for hydroxylation is 1. The Labute approximate surface area is 421 Å². The Hall–Kier alpha value is -8.59. The second kappa shape index (κ2) is 21.6. The SMILES string of the molecule is COc1cnc2c(Oc3cc(F)c(NC(=O)C4(C(=O)Nc5ccc(F)cc5)CC4)cc3F)ncnc2c1.Cc1cnc2c(Cl)ncnc2c1.O=C(Cc1ccc(F)cc1)C1(C(=O)Cc2cc(F)c(O)cc2F)CC1. The molecule has 3 N–H and O–H groups in total. The van der Waals surface area contributed by atoms with Gasteiger partial charge in [-0.25, -0.2) is 46.3 Å². The fourth-order valence-electron chi connectivity index (χ4n) is 7.47. The lowest BCUT2D eigenvalue weighted by Gasteiger charge is -2.16. The van der Waals surface area contributed by atoms with Crippen LogP contribution in [0.15, 0.2) is 110 Å². The number of ether oxygens (including phenoxy) is 2. The molecule has 4 aromatic heterocycles.